The Labute approximate surface area is 127 Å². The van der Waals surface area contributed by atoms with E-state index in [1.165, 1.54) is 10.6 Å². The first-order valence-electron chi connectivity index (χ1n) is 7.10. The molecule has 0 atom stereocenters. The maximum Gasteiger partial charge on any atom is 0.123 e. The molecule has 5 heteroatoms. The summed E-state index contributed by atoms with van der Waals surface area (Å²) in [6, 6.07) is 8.38. The van der Waals surface area contributed by atoms with Crippen LogP contribution in [0.15, 0.2) is 48.2 Å². The predicted molar refractivity (Wildman–Crippen MR) is 83.9 cm³/mol. The molecule has 1 aliphatic rings. The van der Waals surface area contributed by atoms with Crippen LogP contribution in [0.25, 0.3) is 11.3 Å². The molecule has 3 aromatic rings. The van der Waals surface area contributed by atoms with Crippen LogP contribution in [-0.2, 0) is 19.6 Å². The average Bonchev–Trinajstić information content (AvgIpc) is 3.17. The van der Waals surface area contributed by atoms with Gasteiger partial charge >= 0.3 is 0 Å². The molecule has 4 heterocycles. The van der Waals surface area contributed by atoms with Crippen molar-refractivity contribution in [2.75, 3.05) is 6.54 Å². The second-order valence-corrected chi connectivity index (χ2v) is 6.28. The summed E-state index contributed by atoms with van der Waals surface area (Å²) in [5.74, 6) is 1.15. The Balaban J connectivity index is 1.56. The van der Waals surface area contributed by atoms with E-state index in [0.717, 1.165) is 37.6 Å². The lowest BCUT2D eigenvalue weighted by Crippen LogP contribution is -2.33. The third-order valence-corrected chi connectivity index (χ3v) is 4.72. The van der Waals surface area contributed by atoms with Crippen molar-refractivity contribution in [1.29, 1.82) is 0 Å². The highest BCUT2D eigenvalue weighted by molar-refractivity contribution is 7.09. The highest BCUT2D eigenvalue weighted by Crippen LogP contribution is 2.24. The van der Waals surface area contributed by atoms with E-state index >= 15 is 0 Å². The Kier molecular flexibility index (Phi) is 3.29. The minimum absolute atomic E-state index is 0.915. The number of hydrogen-bond acceptors (Lipinski definition) is 4. The number of thiophene rings is 1. The van der Waals surface area contributed by atoms with Gasteiger partial charge in [-0.15, -0.1) is 11.3 Å². The molecule has 0 spiro atoms. The van der Waals surface area contributed by atoms with Crippen LogP contribution in [-0.4, -0.2) is 26.0 Å². The van der Waals surface area contributed by atoms with E-state index in [9.17, 15) is 0 Å². The lowest BCUT2D eigenvalue weighted by atomic mass is 10.2. The van der Waals surface area contributed by atoms with Crippen LogP contribution in [0.3, 0.4) is 0 Å². The van der Waals surface area contributed by atoms with Crippen molar-refractivity contribution in [2.24, 2.45) is 0 Å². The van der Waals surface area contributed by atoms with Crippen molar-refractivity contribution in [3.8, 4) is 11.3 Å². The van der Waals surface area contributed by atoms with Crippen molar-refractivity contribution < 1.29 is 0 Å². The Hall–Kier alpha value is -1.98. The number of rotatable bonds is 3. The minimum Gasteiger partial charge on any atom is -0.326 e. The summed E-state index contributed by atoms with van der Waals surface area (Å²) in [5, 5.41) is 2.14. The van der Waals surface area contributed by atoms with Gasteiger partial charge in [0.15, 0.2) is 0 Å². The number of pyridine rings is 1. The third-order valence-electron chi connectivity index (χ3n) is 3.86. The van der Waals surface area contributed by atoms with Crippen LogP contribution >= 0.6 is 11.3 Å². The summed E-state index contributed by atoms with van der Waals surface area (Å²) in [4.78, 5) is 12.7. The SMILES string of the molecule is c1cncc(-c2cnc3n2CCN(Cc2cccs2)C3)c1. The summed E-state index contributed by atoms with van der Waals surface area (Å²) in [5.41, 5.74) is 2.32. The second kappa shape index (κ2) is 5.42. The largest absolute Gasteiger partial charge is 0.326 e. The number of fused-ring (bicyclic) bond motifs is 1. The standard InChI is InChI=1S/C16H16N4S/c1-3-13(9-17-5-1)15-10-18-16-12-19(6-7-20(15)16)11-14-4-2-8-21-14/h1-5,8-10H,6-7,11-12H2. The highest BCUT2D eigenvalue weighted by atomic mass is 32.1. The maximum atomic E-state index is 4.61. The molecule has 106 valence electrons. The van der Waals surface area contributed by atoms with Gasteiger partial charge in [0.1, 0.15) is 5.82 Å². The molecule has 0 unspecified atom stereocenters. The Morgan fingerprint density at radius 2 is 2.14 bits per heavy atom. The number of aromatic nitrogens is 3. The lowest BCUT2D eigenvalue weighted by Gasteiger charge is -2.28. The summed E-state index contributed by atoms with van der Waals surface area (Å²) >= 11 is 1.82. The van der Waals surface area contributed by atoms with E-state index in [2.05, 4.69) is 43.0 Å². The van der Waals surface area contributed by atoms with Crippen LogP contribution in [0.1, 0.15) is 10.7 Å². The molecular formula is C16H16N4S. The summed E-state index contributed by atoms with van der Waals surface area (Å²) < 4.78 is 2.32. The molecular weight excluding hydrogens is 280 g/mol. The predicted octanol–water partition coefficient (Wildman–Crippen LogP) is 3.02. The topological polar surface area (TPSA) is 34.0 Å². The van der Waals surface area contributed by atoms with E-state index in [1.807, 2.05) is 29.8 Å². The molecule has 0 saturated heterocycles. The molecule has 1 aliphatic heterocycles. The fraction of sp³-hybridized carbons (Fsp3) is 0.250. The van der Waals surface area contributed by atoms with E-state index in [1.54, 1.807) is 6.20 Å². The molecule has 0 bridgehead atoms. The Bertz CT molecular complexity index is 718. The number of hydrogen-bond donors (Lipinski definition) is 0. The van der Waals surface area contributed by atoms with Gasteiger partial charge in [0, 0.05) is 42.5 Å². The average molecular weight is 296 g/mol. The monoisotopic (exact) mass is 296 g/mol. The quantitative estimate of drug-likeness (QED) is 0.745. The summed E-state index contributed by atoms with van der Waals surface area (Å²) in [6.07, 6.45) is 5.68. The minimum atomic E-state index is 0.915. The Morgan fingerprint density at radius 1 is 1.14 bits per heavy atom. The molecule has 0 saturated carbocycles. The number of imidazole rings is 1. The molecule has 21 heavy (non-hydrogen) atoms. The van der Waals surface area contributed by atoms with E-state index < -0.39 is 0 Å². The summed E-state index contributed by atoms with van der Waals surface area (Å²) in [6.45, 7) is 3.99. The molecule has 0 aliphatic carbocycles. The first-order chi connectivity index (χ1) is 10.4. The molecule has 0 aromatic carbocycles. The van der Waals surface area contributed by atoms with Crippen LogP contribution in [0, 0.1) is 0 Å². The van der Waals surface area contributed by atoms with Gasteiger partial charge in [-0.1, -0.05) is 6.07 Å². The van der Waals surface area contributed by atoms with Crippen molar-refractivity contribution in [1.82, 2.24) is 19.4 Å². The smallest absolute Gasteiger partial charge is 0.123 e. The van der Waals surface area contributed by atoms with Crippen LogP contribution < -0.4 is 0 Å². The zero-order valence-electron chi connectivity index (χ0n) is 11.6. The van der Waals surface area contributed by atoms with Gasteiger partial charge < -0.3 is 4.57 Å². The van der Waals surface area contributed by atoms with Gasteiger partial charge in [0.2, 0.25) is 0 Å². The van der Waals surface area contributed by atoms with Crippen LogP contribution in [0.4, 0.5) is 0 Å². The van der Waals surface area contributed by atoms with Gasteiger partial charge in [0.25, 0.3) is 0 Å². The molecule has 4 rings (SSSR count). The molecule has 4 nitrogen and oxygen atoms in total. The van der Waals surface area contributed by atoms with Gasteiger partial charge in [-0.05, 0) is 23.6 Å². The second-order valence-electron chi connectivity index (χ2n) is 5.24. The number of nitrogens with zero attached hydrogens (tertiary/aromatic N) is 4. The zero-order valence-corrected chi connectivity index (χ0v) is 12.5. The first kappa shape index (κ1) is 12.7. The van der Waals surface area contributed by atoms with E-state index in [4.69, 9.17) is 0 Å². The fourth-order valence-electron chi connectivity index (χ4n) is 2.81. The molecule has 3 aromatic heterocycles. The molecule has 0 radical (unpaired) electrons. The van der Waals surface area contributed by atoms with Crippen molar-refractivity contribution in [2.45, 2.75) is 19.6 Å². The van der Waals surface area contributed by atoms with Crippen LogP contribution in [0.2, 0.25) is 0 Å². The summed E-state index contributed by atoms with van der Waals surface area (Å²) in [7, 11) is 0. The third kappa shape index (κ3) is 2.50. The van der Waals surface area contributed by atoms with E-state index in [0.29, 0.717) is 0 Å². The molecule has 0 fully saturated rings. The van der Waals surface area contributed by atoms with Crippen molar-refractivity contribution in [3.63, 3.8) is 0 Å². The highest BCUT2D eigenvalue weighted by Gasteiger charge is 2.20. The van der Waals surface area contributed by atoms with Gasteiger partial charge in [-0.3, -0.25) is 9.88 Å². The van der Waals surface area contributed by atoms with Gasteiger partial charge in [-0.25, -0.2) is 4.98 Å². The van der Waals surface area contributed by atoms with Crippen molar-refractivity contribution in [3.05, 3.63) is 58.9 Å². The van der Waals surface area contributed by atoms with Gasteiger partial charge in [0.05, 0.1) is 18.4 Å². The Morgan fingerprint density at radius 3 is 2.95 bits per heavy atom. The normalized spacial score (nSPS) is 15.0. The fourth-order valence-corrected chi connectivity index (χ4v) is 3.56. The van der Waals surface area contributed by atoms with Gasteiger partial charge in [-0.2, -0.15) is 0 Å². The zero-order chi connectivity index (χ0) is 14.1. The van der Waals surface area contributed by atoms with Crippen LogP contribution in [0.5, 0.6) is 0 Å². The maximum absolute atomic E-state index is 4.61. The van der Waals surface area contributed by atoms with Crippen molar-refractivity contribution >= 4 is 11.3 Å². The first-order valence-corrected chi connectivity index (χ1v) is 7.97. The lowest BCUT2D eigenvalue weighted by molar-refractivity contribution is 0.211. The molecule has 0 amide bonds. The molecule has 0 N–H and O–H groups in total. The van der Waals surface area contributed by atoms with E-state index in [-0.39, 0.29) is 0 Å².